The Hall–Kier alpha value is -3.81. The van der Waals surface area contributed by atoms with Gasteiger partial charge in [-0.1, -0.05) is 36.4 Å². The van der Waals surface area contributed by atoms with E-state index in [1.165, 1.54) is 0 Å². The van der Waals surface area contributed by atoms with Crippen LogP contribution in [-0.2, 0) is 12.8 Å². The first-order valence-corrected chi connectivity index (χ1v) is 9.51. The van der Waals surface area contributed by atoms with Gasteiger partial charge in [0.25, 0.3) is 5.91 Å². The predicted octanol–water partition coefficient (Wildman–Crippen LogP) is 2.39. The van der Waals surface area contributed by atoms with Gasteiger partial charge in [-0.15, -0.1) is 5.10 Å². The minimum atomic E-state index is -0.320. The van der Waals surface area contributed by atoms with Crippen LogP contribution in [0.5, 0.6) is 0 Å². The lowest BCUT2D eigenvalue weighted by Crippen LogP contribution is -2.31. The van der Waals surface area contributed by atoms with Gasteiger partial charge in [0.05, 0.1) is 6.04 Å². The number of nitrogens with zero attached hydrogens (tertiary/aromatic N) is 5. The SMILES string of the molecule is O=C(NC1CCc2cccnc2-n2ccnc21)c1n[nH]c(Cc2ccccc2)n1. The smallest absolute Gasteiger partial charge is 0.291 e. The average molecular weight is 385 g/mol. The zero-order chi connectivity index (χ0) is 19.6. The van der Waals surface area contributed by atoms with Crippen LogP contribution in [0.1, 0.15) is 45.9 Å². The molecule has 1 amide bonds. The fourth-order valence-corrected chi connectivity index (χ4v) is 3.65. The highest BCUT2D eigenvalue weighted by atomic mass is 16.2. The molecular weight excluding hydrogens is 366 g/mol. The molecule has 0 fully saturated rings. The Morgan fingerprint density at radius 1 is 1.14 bits per heavy atom. The Morgan fingerprint density at radius 2 is 2.03 bits per heavy atom. The Morgan fingerprint density at radius 3 is 2.93 bits per heavy atom. The number of benzene rings is 1. The summed E-state index contributed by atoms with van der Waals surface area (Å²) >= 11 is 0. The van der Waals surface area contributed by atoms with Crippen LogP contribution in [-0.4, -0.2) is 35.6 Å². The van der Waals surface area contributed by atoms with Gasteiger partial charge in [0.2, 0.25) is 5.82 Å². The van der Waals surface area contributed by atoms with E-state index >= 15 is 0 Å². The van der Waals surface area contributed by atoms with Crippen LogP contribution >= 0.6 is 0 Å². The largest absolute Gasteiger partial charge is 0.339 e. The lowest BCUT2D eigenvalue weighted by atomic mass is 10.1. The van der Waals surface area contributed by atoms with Gasteiger partial charge in [0.15, 0.2) is 0 Å². The fraction of sp³-hybridized carbons (Fsp3) is 0.190. The van der Waals surface area contributed by atoms with Crippen LogP contribution in [0, 0.1) is 0 Å². The van der Waals surface area contributed by atoms with E-state index in [4.69, 9.17) is 0 Å². The molecule has 2 N–H and O–H groups in total. The third-order valence-electron chi connectivity index (χ3n) is 5.03. The Kier molecular flexibility index (Phi) is 4.36. The van der Waals surface area contributed by atoms with Gasteiger partial charge in [-0.05, 0) is 30.0 Å². The number of rotatable bonds is 4. The third-order valence-corrected chi connectivity index (χ3v) is 5.03. The second-order valence-electron chi connectivity index (χ2n) is 6.97. The second kappa shape index (κ2) is 7.31. The molecule has 144 valence electrons. The van der Waals surface area contributed by atoms with Gasteiger partial charge < -0.3 is 5.32 Å². The van der Waals surface area contributed by atoms with Crippen LogP contribution < -0.4 is 5.32 Å². The van der Waals surface area contributed by atoms with Gasteiger partial charge in [0, 0.05) is 25.0 Å². The lowest BCUT2D eigenvalue weighted by Gasteiger charge is -2.15. The fourth-order valence-electron chi connectivity index (χ4n) is 3.65. The van der Waals surface area contributed by atoms with Gasteiger partial charge >= 0.3 is 0 Å². The first-order valence-electron chi connectivity index (χ1n) is 9.51. The summed E-state index contributed by atoms with van der Waals surface area (Å²) in [5.74, 6) is 2.09. The number of aromatic nitrogens is 6. The molecule has 8 nitrogen and oxygen atoms in total. The highest BCUT2D eigenvalue weighted by Crippen LogP contribution is 2.27. The van der Waals surface area contributed by atoms with E-state index in [2.05, 4.69) is 36.5 Å². The number of nitrogens with one attached hydrogen (secondary N) is 2. The molecule has 0 bridgehead atoms. The van der Waals surface area contributed by atoms with E-state index in [0.29, 0.717) is 12.2 Å². The molecule has 0 saturated heterocycles. The highest BCUT2D eigenvalue weighted by Gasteiger charge is 2.26. The number of aryl methyl sites for hydroxylation is 1. The number of pyridine rings is 1. The molecule has 1 aliphatic heterocycles. The molecule has 1 aliphatic rings. The molecule has 29 heavy (non-hydrogen) atoms. The first kappa shape index (κ1) is 17.3. The van der Waals surface area contributed by atoms with Crippen LogP contribution in [0.2, 0.25) is 0 Å². The zero-order valence-corrected chi connectivity index (χ0v) is 15.6. The second-order valence-corrected chi connectivity index (χ2v) is 6.97. The summed E-state index contributed by atoms with van der Waals surface area (Å²) in [6, 6.07) is 13.7. The van der Waals surface area contributed by atoms with Crippen LogP contribution in [0.4, 0.5) is 0 Å². The quantitative estimate of drug-likeness (QED) is 0.562. The number of fused-ring (bicyclic) bond motifs is 3. The van der Waals surface area contributed by atoms with Crippen LogP contribution in [0.15, 0.2) is 61.1 Å². The maximum atomic E-state index is 12.8. The van der Waals surface area contributed by atoms with Gasteiger partial charge in [-0.3, -0.25) is 14.5 Å². The van der Waals surface area contributed by atoms with Crippen molar-refractivity contribution < 1.29 is 4.79 Å². The van der Waals surface area contributed by atoms with E-state index in [1.54, 1.807) is 12.4 Å². The highest BCUT2D eigenvalue weighted by molar-refractivity contribution is 5.90. The summed E-state index contributed by atoms with van der Waals surface area (Å²) in [5, 5.41) is 9.99. The molecule has 0 saturated carbocycles. The van der Waals surface area contributed by atoms with Crippen molar-refractivity contribution in [3.05, 3.63) is 89.7 Å². The minimum absolute atomic E-state index is 0.133. The molecule has 0 radical (unpaired) electrons. The minimum Gasteiger partial charge on any atom is -0.339 e. The molecule has 3 aromatic heterocycles. The normalized spacial score (nSPS) is 15.2. The summed E-state index contributed by atoms with van der Waals surface area (Å²) in [6.45, 7) is 0. The molecule has 1 atom stereocenters. The Bertz CT molecular complexity index is 1150. The summed E-state index contributed by atoms with van der Waals surface area (Å²) in [6.07, 6.45) is 7.48. The number of imidazole rings is 1. The molecule has 8 heteroatoms. The maximum Gasteiger partial charge on any atom is 0.291 e. The lowest BCUT2D eigenvalue weighted by molar-refractivity contribution is 0.0922. The van der Waals surface area contributed by atoms with Gasteiger partial charge in [-0.25, -0.2) is 15.0 Å². The van der Waals surface area contributed by atoms with Gasteiger partial charge in [-0.2, -0.15) is 0 Å². The summed E-state index contributed by atoms with van der Waals surface area (Å²) < 4.78 is 1.94. The topological polar surface area (TPSA) is 101 Å². The van der Waals surface area contributed by atoms with E-state index in [0.717, 1.165) is 35.6 Å². The molecular formula is C21H19N7O. The molecule has 4 aromatic rings. The molecule has 0 aliphatic carbocycles. The van der Waals surface area contributed by atoms with E-state index in [1.807, 2.05) is 47.2 Å². The Labute approximate surface area is 167 Å². The monoisotopic (exact) mass is 385 g/mol. The molecule has 1 unspecified atom stereocenters. The van der Waals surface area contributed by atoms with E-state index in [9.17, 15) is 4.79 Å². The number of aromatic amines is 1. The van der Waals surface area contributed by atoms with Crippen LogP contribution in [0.25, 0.3) is 5.82 Å². The zero-order valence-electron chi connectivity index (χ0n) is 15.6. The molecule has 5 rings (SSSR count). The molecule has 4 heterocycles. The summed E-state index contributed by atoms with van der Waals surface area (Å²) in [5.41, 5.74) is 2.23. The first-order chi connectivity index (χ1) is 14.3. The molecule has 0 spiro atoms. The van der Waals surface area contributed by atoms with Crippen molar-refractivity contribution in [3.63, 3.8) is 0 Å². The van der Waals surface area contributed by atoms with Crippen LogP contribution in [0.3, 0.4) is 0 Å². The number of carbonyl (C=O) groups is 1. The number of hydrogen-bond donors (Lipinski definition) is 2. The number of hydrogen-bond acceptors (Lipinski definition) is 5. The Balaban J connectivity index is 1.34. The summed E-state index contributed by atoms with van der Waals surface area (Å²) in [4.78, 5) is 26.1. The maximum absolute atomic E-state index is 12.8. The van der Waals surface area contributed by atoms with Crippen molar-refractivity contribution in [2.45, 2.75) is 25.3 Å². The number of amides is 1. The standard InChI is InChI=1S/C21H19N7O/c29-21(18-25-17(26-27-18)13-14-5-2-1-3-6-14)24-16-9-8-15-7-4-10-22-19(15)28-12-11-23-20(16)28/h1-7,10-12,16H,8-9,13H2,(H,24,29)(H,25,26,27). The van der Waals surface area contributed by atoms with Gasteiger partial charge in [0.1, 0.15) is 17.5 Å². The molecule has 1 aromatic carbocycles. The third kappa shape index (κ3) is 3.40. The van der Waals surface area contributed by atoms with Crippen molar-refractivity contribution in [1.82, 2.24) is 35.0 Å². The number of carbonyl (C=O) groups excluding carboxylic acids is 1. The predicted molar refractivity (Wildman–Crippen MR) is 106 cm³/mol. The van der Waals surface area contributed by atoms with Crippen molar-refractivity contribution in [2.75, 3.05) is 0 Å². The van der Waals surface area contributed by atoms with Crippen molar-refractivity contribution in [2.24, 2.45) is 0 Å². The van der Waals surface area contributed by atoms with Crippen molar-refractivity contribution >= 4 is 5.91 Å². The van der Waals surface area contributed by atoms with E-state index < -0.39 is 0 Å². The summed E-state index contributed by atoms with van der Waals surface area (Å²) in [7, 11) is 0. The number of H-pyrrole nitrogens is 1. The van der Waals surface area contributed by atoms with Crippen molar-refractivity contribution in [3.8, 4) is 5.82 Å². The van der Waals surface area contributed by atoms with E-state index in [-0.39, 0.29) is 17.8 Å². The average Bonchev–Trinajstić information content (AvgIpc) is 3.39. The van der Waals surface area contributed by atoms with Crippen molar-refractivity contribution in [1.29, 1.82) is 0 Å².